The molecule has 1 aromatic heterocycles. The van der Waals surface area contributed by atoms with Gasteiger partial charge in [0, 0.05) is 30.6 Å². The number of aliphatic hydroxyl groups excluding tert-OH is 3. The molecule has 0 bridgehead atoms. The topological polar surface area (TPSA) is 141 Å². The Morgan fingerprint density at radius 2 is 2.00 bits per heavy atom. The normalized spacial score (nSPS) is 23.1. The highest BCUT2D eigenvalue weighted by Gasteiger charge is 2.39. The van der Waals surface area contributed by atoms with Crippen LogP contribution < -0.4 is 0 Å². The predicted octanol–water partition coefficient (Wildman–Crippen LogP) is 3.14. The number of allylic oxidation sites excluding steroid dienone is 2. The quantitative estimate of drug-likeness (QED) is 0.124. The first-order valence-corrected chi connectivity index (χ1v) is 15.6. The third-order valence-corrected chi connectivity index (χ3v) is 8.98. The van der Waals surface area contributed by atoms with Crippen molar-refractivity contribution in [2.75, 3.05) is 13.0 Å². The van der Waals surface area contributed by atoms with Crippen molar-refractivity contribution in [2.45, 2.75) is 70.2 Å². The molecule has 0 aliphatic heterocycles. The molecule has 0 saturated heterocycles. The summed E-state index contributed by atoms with van der Waals surface area (Å²) in [5.41, 5.74) is 0. The van der Waals surface area contributed by atoms with Crippen molar-refractivity contribution in [1.82, 2.24) is 4.31 Å². The minimum Gasteiger partial charge on any atom is -0.443 e. The molecule has 9 nitrogen and oxygen atoms in total. The second kappa shape index (κ2) is 15.1. The van der Waals surface area contributed by atoms with Gasteiger partial charge in [-0.25, -0.2) is 12.7 Å². The van der Waals surface area contributed by atoms with E-state index >= 15 is 0 Å². The van der Waals surface area contributed by atoms with Gasteiger partial charge in [-0.1, -0.05) is 24.3 Å². The van der Waals surface area contributed by atoms with Crippen LogP contribution in [0.4, 0.5) is 0 Å². The minimum atomic E-state index is -3.85. The lowest BCUT2D eigenvalue weighted by Gasteiger charge is -2.20. The van der Waals surface area contributed by atoms with Gasteiger partial charge in [0.15, 0.2) is 6.73 Å². The van der Waals surface area contributed by atoms with E-state index in [1.807, 2.05) is 24.3 Å². The van der Waals surface area contributed by atoms with E-state index in [2.05, 4.69) is 20.7 Å². The van der Waals surface area contributed by atoms with Gasteiger partial charge in [0.2, 0.25) is 15.9 Å². The molecule has 0 spiro atoms. The fraction of sp³-hybridized carbons (Fsp3) is 0.600. The lowest BCUT2D eigenvalue weighted by molar-refractivity contribution is -0.146. The lowest BCUT2D eigenvalue weighted by atomic mass is 9.89. The van der Waals surface area contributed by atoms with Crippen LogP contribution in [-0.2, 0) is 30.8 Å². The molecule has 1 fully saturated rings. The van der Waals surface area contributed by atoms with Crippen LogP contribution in [0.15, 0.2) is 40.2 Å². The maximum atomic E-state index is 12.3. The fourth-order valence-corrected chi connectivity index (χ4v) is 6.41. The maximum Gasteiger partial charge on any atom is 0.304 e. The second-order valence-corrected chi connectivity index (χ2v) is 13.6. The number of ether oxygens (including phenoxy) is 1. The summed E-state index contributed by atoms with van der Waals surface area (Å²) >= 11 is 5.06. The van der Waals surface area contributed by atoms with E-state index < -0.39 is 46.9 Å². The average molecular weight is 623 g/mol. The highest BCUT2D eigenvalue weighted by Crippen LogP contribution is 2.36. The number of unbranched alkanes of at least 4 members (excludes halogenated alkanes) is 1. The standard InChI is InChI=1S/C25H36BrNO8S2/c1-17(28)35-16-27(37(2,33)34)25(32)8-6-4-3-5-7-20-21(23(31)15-22(20)30)13-10-18(29)9-11-19-12-14-24(26)36-19/h3,5,10,12-14,18,20-23,29-31H,4,6-9,11,15-16H2,1-2H3/t18-,20+,21+,22-,23+/m0/s1. The zero-order valence-electron chi connectivity index (χ0n) is 21.0. The molecule has 2 rings (SSSR count). The number of carbonyl (C=O) groups excluding carboxylic acids is 2. The van der Waals surface area contributed by atoms with Crippen LogP contribution in [0, 0.1) is 11.8 Å². The highest BCUT2D eigenvalue weighted by molar-refractivity contribution is 9.11. The molecule has 0 unspecified atom stereocenters. The van der Waals surface area contributed by atoms with E-state index in [-0.39, 0.29) is 24.7 Å². The first-order chi connectivity index (χ1) is 17.4. The van der Waals surface area contributed by atoms with Gasteiger partial charge in [-0.3, -0.25) is 9.59 Å². The molecule has 1 heterocycles. The van der Waals surface area contributed by atoms with Gasteiger partial charge in [0.1, 0.15) is 0 Å². The average Bonchev–Trinajstić information content (AvgIpc) is 3.33. The number of hydrogen-bond donors (Lipinski definition) is 3. The third kappa shape index (κ3) is 11.0. The third-order valence-electron chi connectivity index (χ3n) is 6.19. The minimum absolute atomic E-state index is 0.0326. The van der Waals surface area contributed by atoms with Crippen molar-refractivity contribution in [1.29, 1.82) is 0 Å². The van der Waals surface area contributed by atoms with Crippen LogP contribution in [0.25, 0.3) is 0 Å². The number of nitrogens with zero attached hydrogens (tertiary/aromatic N) is 1. The molecule has 1 aromatic rings. The van der Waals surface area contributed by atoms with E-state index in [4.69, 9.17) is 0 Å². The molecular weight excluding hydrogens is 586 g/mol. The monoisotopic (exact) mass is 621 g/mol. The number of thiophene rings is 1. The Morgan fingerprint density at radius 3 is 2.62 bits per heavy atom. The van der Waals surface area contributed by atoms with Crippen molar-refractivity contribution in [2.24, 2.45) is 11.8 Å². The fourth-order valence-electron chi connectivity index (χ4n) is 4.20. The Morgan fingerprint density at radius 1 is 1.27 bits per heavy atom. The van der Waals surface area contributed by atoms with Crippen molar-refractivity contribution in [3.63, 3.8) is 0 Å². The molecule has 1 amide bonds. The summed E-state index contributed by atoms with van der Waals surface area (Å²) in [4.78, 5) is 24.4. The lowest BCUT2D eigenvalue weighted by Crippen LogP contribution is -2.38. The summed E-state index contributed by atoms with van der Waals surface area (Å²) in [6.45, 7) is 0.490. The molecule has 0 aromatic carbocycles. The van der Waals surface area contributed by atoms with Crippen molar-refractivity contribution in [3.8, 4) is 0 Å². The van der Waals surface area contributed by atoms with Gasteiger partial charge < -0.3 is 20.1 Å². The van der Waals surface area contributed by atoms with Gasteiger partial charge in [0.05, 0.1) is 28.4 Å². The number of carbonyl (C=O) groups is 2. The van der Waals surface area contributed by atoms with E-state index in [0.29, 0.717) is 30.0 Å². The predicted molar refractivity (Wildman–Crippen MR) is 145 cm³/mol. The number of sulfonamides is 1. The van der Waals surface area contributed by atoms with E-state index in [9.17, 15) is 33.3 Å². The largest absolute Gasteiger partial charge is 0.443 e. The summed E-state index contributed by atoms with van der Waals surface area (Å²) in [5, 5.41) is 31.2. The van der Waals surface area contributed by atoms with Crippen molar-refractivity contribution < 1.29 is 38.1 Å². The number of aryl methyl sites for hydroxylation is 1. The van der Waals surface area contributed by atoms with Crippen molar-refractivity contribution >= 4 is 49.2 Å². The van der Waals surface area contributed by atoms with Crippen LogP contribution >= 0.6 is 27.3 Å². The van der Waals surface area contributed by atoms with Gasteiger partial charge in [-0.15, -0.1) is 11.3 Å². The highest BCUT2D eigenvalue weighted by atomic mass is 79.9. The SMILES string of the molecule is CC(=O)OCN(C(=O)CCCC=CC[C@@H]1[C@@H](C=C[C@@H](O)CCc2ccc(Br)s2)[C@H](O)C[C@@H]1O)S(C)(=O)=O. The Balaban J connectivity index is 1.80. The van der Waals surface area contributed by atoms with Crippen LogP contribution in [0.5, 0.6) is 0 Å². The summed E-state index contributed by atoms with van der Waals surface area (Å²) in [7, 11) is -3.85. The Kier molecular flexibility index (Phi) is 12.9. The Labute approximate surface area is 231 Å². The summed E-state index contributed by atoms with van der Waals surface area (Å²) in [6, 6.07) is 4.00. The zero-order valence-corrected chi connectivity index (χ0v) is 24.3. The van der Waals surface area contributed by atoms with E-state index in [1.165, 1.54) is 4.88 Å². The summed E-state index contributed by atoms with van der Waals surface area (Å²) in [5.74, 6) is -1.81. The maximum absolute atomic E-state index is 12.3. The number of amides is 1. The van der Waals surface area contributed by atoms with E-state index in [0.717, 1.165) is 23.4 Å². The second-order valence-electron chi connectivity index (χ2n) is 9.18. The van der Waals surface area contributed by atoms with Crippen LogP contribution in [0.3, 0.4) is 0 Å². The van der Waals surface area contributed by atoms with Crippen molar-refractivity contribution in [3.05, 3.63) is 45.1 Å². The zero-order chi connectivity index (χ0) is 27.6. The van der Waals surface area contributed by atoms with Gasteiger partial charge in [-0.05, 0) is 66.1 Å². The molecule has 208 valence electrons. The molecule has 3 N–H and O–H groups in total. The van der Waals surface area contributed by atoms with Crippen LogP contribution in [0.2, 0.25) is 0 Å². The number of esters is 1. The molecule has 0 radical (unpaired) electrons. The molecule has 1 saturated carbocycles. The van der Waals surface area contributed by atoms with Gasteiger partial charge >= 0.3 is 5.97 Å². The van der Waals surface area contributed by atoms with Crippen LogP contribution in [0.1, 0.15) is 50.3 Å². The number of rotatable bonds is 14. The molecule has 1 aliphatic carbocycles. The van der Waals surface area contributed by atoms with E-state index in [1.54, 1.807) is 23.5 Å². The number of halogens is 1. The Bertz CT molecular complexity index is 1050. The molecular formula is C25H36BrNO8S2. The molecule has 37 heavy (non-hydrogen) atoms. The first kappa shape index (κ1) is 31.6. The molecule has 1 aliphatic rings. The van der Waals surface area contributed by atoms with Gasteiger partial charge in [-0.2, -0.15) is 0 Å². The molecule has 5 atom stereocenters. The summed E-state index contributed by atoms with van der Waals surface area (Å²) in [6.07, 6.45) is 9.09. The van der Waals surface area contributed by atoms with Crippen LogP contribution in [-0.4, -0.2) is 71.2 Å². The number of hydrogen-bond acceptors (Lipinski definition) is 9. The first-order valence-electron chi connectivity index (χ1n) is 12.1. The molecule has 12 heteroatoms. The Hall–Kier alpha value is -1.57. The smallest absolute Gasteiger partial charge is 0.304 e. The van der Waals surface area contributed by atoms with Gasteiger partial charge in [0.25, 0.3) is 0 Å². The summed E-state index contributed by atoms with van der Waals surface area (Å²) < 4.78 is 29.8. The number of aliphatic hydroxyl groups is 3.